The number of benzene rings is 2. The zero-order chi connectivity index (χ0) is 30.7. The number of carbonyl (C=O) groups excluding carboxylic acids is 1. The van der Waals surface area contributed by atoms with Crippen LogP contribution in [0.4, 0.5) is 11.6 Å². The molecule has 2 N–H and O–H groups in total. The lowest BCUT2D eigenvalue weighted by atomic mass is 9.99. The van der Waals surface area contributed by atoms with Crippen molar-refractivity contribution in [3.63, 3.8) is 0 Å². The summed E-state index contributed by atoms with van der Waals surface area (Å²) in [7, 11) is 0.222. The highest BCUT2D eigenvalue weighted by Gasteiger charge is 2.20. The molecule has 12 heteroatoms. The van der Waals surface area contributed by atoms with Gasteiger partial charge in [0.2, 0.25) is 21.7 Å². The van der Waals surface area contributed by atoms with Gasteiger partial charge in [0, 0.05) is 53.8 Å². The number of aromatic nitrogens is 5. The maximum atomic E-state index is 12.4. The van der Waals surface area contributed by atoms with Crippen LogP contribution < -0.4 is 10.6 Å². The molecule has 5 aromatic rings. The summed E-state index contributed by atoms with van der Waals surface area (Å²) in [6.07, 6.45) is 7.87. The number of sulfone groups is 1. The number of likely N-dealkylation sites (N-methyl/N-ethyl adjacent to an activating group) is 1. The average molecular weight is 599 g/mol. The van der Waals surface area contributed by atoms with Crippen LogP contribution in [0.5, 0.6) is 0 Å². The van der Waals surface area contributed by atoms with Crippen LogP contribution >= 0.6 is 0 Å². The normalized spacial score (nSPS) is 12.2. The number of nitrogens with one attached hydrogen (secondary N) is 2. The van der Waals surface area contributed by atoms with Crippen LogP contribution in [0.15, 0.2) is 78.2 Å². The Morgan fingerprint density at radius 1 is 1.09 bits per heavy atom. The van der Waals surface area contributed by atoms with Crippen LogP contribution in [0, 0.1) is 0 Å². The molecule has 3 heterocycles. The van der Waals surface area contributed by atoms with Gasteiger partial charge < -0.3 is 15.5 Å². The van der Waals surface area contributed by atoms with Gasteiger partial charge in [-0.05, 0) is 49.2 Å². The fraction of sp³-hybridized carbons (Fsp3) is 0.258. The Labute approximate surface area is 250 Å². The maximum absolute atomic E-state index is 12.4. The molecule has 0 aliphatic carbocycles. The second kappa shape index (κ2) is 12.3. The fourth-order valence-corrected chi connectivity index (χ4v) is 5.17. The van der Waals surface area contributed by atoms with Gasteiger partial charge in [-0.15, -0.1) is 0 Å². The third-order valence-corrected chi connectivity index (χ3v) is 7.66. The van der Waals surface area contributed by atoms with E-state index in [2.05, 4.69) is 25.7 Å². The zero-order valence-electron chi connectivity index (χ0n) is 24.7. The fourth-order valence-electron chi connectivity index (χ4n) is 4.67. The van der Waals surface area contributed by atoms with Crippen LogP contribution in [0.1, 0.15) is 30.9 Å². The number of amides is 1. The lowest BCUT2D eigenvalue weighted by Gasteiger charge is -2.14. The Morgan fingerprint density at radius 3 is 2.63 bits per heavy atom. The van der Waals surface area contributed by atoms with E-state index < -0.39 is 9.84 Å². The van der Waals surface area contributed by atoms with E-state index in [1.165, 1.54) is 10.6 Å². The van der Waals surface area contributed by atoms with Gasteiger partial charge in [-0.25, -0.2) is 8.42 Å². The number of hydrogen-bond acceptors (Lipinski definition) is 9. The first-order chi connectivity index (χ1) is 20.5. The highest BCUT2D eigenvalue weighted by atomic mass is 32.2. The van der Waals surface area contributed by atoms with E-state index in [1.807, 2.05) is 87.4 Å². The van der Waals surface area contributed by atoms with Gasteiger partial charge in [-0.1, -0.05) is 50.3 Å². The molecule has 3 aromatic heterocycles. The van der Waals surface area contributed by atoms with E-state index in [-0.39, 0.29) is 22.9 Å². The number of pyridine rings is 1. The number of carbonyl (C=O) groups is 1. The van der Waals surface area contributed by atoms with Crippen molar-refractivity contribution in [2.45, 2.75) is 31.5 Å². The number of fused-ring (bicyclic) bond motifs is 2. The summed E-state index contributed by atoms with van der Waals surface area (Å²) in [5, 5.41) is 12.2. The van der Waals surface area contributed by atoms with Crippen molar-refractivity contribution in [1.29, 1.82) is 0 Å². The first-order valence-corrected chi connectivity index (χ1v) is 15.7. The quantitative estimate of drug-likeness (QED) is 0.222. The Morgan fingerprint density at radius 2 is 1.88 bits per heavy atom. The van der Waals surface area contributed by atoms with Crippen LogP contribution in [-0.4, -0.2) is 70.7 Å². The van der Waals surface area contributed by atoms with Crippen molar-refractivity contribution in [3.8, 4) is 11.3 Å². The van der Waals surface area contributed by atoms with Gasteiger partial charge in [0.05, 0.1) is 11.9 Å². The number of anilines is 2. The van der Waals surface area contributed by atoms with Crippen molar-refractivity contribution in [1.82, 2.24) is 29.5 Å². The Balaban J connectivity index is 1.46. The molecule has 0 spiro atoms. The minimum absolute atomic E-state index is 0.0965. The first-order valence-electron chi connectivity index (χ1n) is 13.8. The summed E-state index contributed by atoms with van der Waals surface area (Å²) in [5.74, 6) is 0.180. The molecule has 0 radical (unpaired) electrons. The summed E-state index contributed by atoms with van der Waals surface area (Å²) in [5.41, 5.74) is 4.58. The minimum atomic E-state index is -3.66. The topological polar surface area (TPSA) is 134 Å². The predicted octanol–water partition coefficient (Wildman–Crippen LogP) is 4.53. The second-order valence-corrected chi connectivity index (χ2v) is 12.8. The van der Waals surface area contributed by atoms with Crippen molar-refractivity contribution in [2.75, 3.05) is 37.5 Å². The third kappa shape index (κ3) is 6.71. The van der Waals surface area contributed by atoms with Gasteiger partial charge in [-0.3, -0.25) is 9.78 Å². The third-order valence-electron chi connectivity index (χ3n) is 6.81. The molecule has 5 rings (SSSR count). The Kier molecular flexibility index (Phi) is 8.51. The molecule has 0 bridgehead atoms. The molecule has 0 atom stereocenters. The predicted molar refractivity (Wildman–Crippen MR) is 169 cm³/mol. The van der Waals surface area contributed by atoms with Gasteiger partial charge in [0.15, 0.2) is 5.65 Å². The summed E-state index contributed by atoms with van der Waals surface area (Å²) in [6, 6.07) is 15.5. The number of rotatable bonds is 10. The van der Waals surface area contributed by atoms with Crippen LogP contribution in [0.25, 0.3) is 27.7 Å². The standard InChI is InChI=1S/C31H34N8O3S/c1-20(2)26-19-34-39-29(26)36-31(43(5,41)42)37-30(39)33-18-22-9-6-7-10-24(22)28-25-13-12-23(17-21(25)14-15-32-28)35-27(40)11-8-16-38(3)4/h6-15,17,19-20H,16,18H2,1-5H3,(H,35,40)(H,33,36,37)/b11-8+. The lowest BCUT2D eigenvalue weighted by Crippen LogP contribution is -2.14. The highest BCUT2D eigenvalue weighted by molar-refractivity contribution is 7.90. The SMILES string of the molecule is CC(C)c1cnn2c(NCc3ccccc3-c3nccc4cc(NC(=O)/C=C/CN(C)C)ccc34)nc(S(C)(=O)=O)nc12. The van der Waals surface area contributed by atoms with Crippen molar-refractivity contribution in [3.05, 3.63) is 84.2 Å². The molecule has 0 aliphatic heterocycles. The average Bonchev–Trinajstić information content (AvgIpc) is 3.40. The van der Waals surface area contributed by atoms with E-state index >= 15 is 0 Å². The molecule has 0 unspecified atom stereocenters. The van der Waals surface area contributed by atoms with Crippen LogP contribution in [0.2, 0.25) is 0 Å². The first kappa shape index (κ1) is 29.8. The van der Waals surface area contributed by atoms with Gasteiger partial charge in [-0.2, -0.15) is 19.6 Å². The number of hydrogen-bond donors (Lipinski definition) is 2. The monoisotopic (exact) mass is 598 g/mol. The van der Waals surface area contributed by atoms with Crippen LogP contribution in [0.3, 0.4) is 0 Å². The summed E-state index contributed by atoms with van der Waals surface area (Å²) >= 11 is 0. The molecular formula is C31H34N8O3S. The molecule has 222 valence electrons. The molecule has 11 nitrogen and oxygen atoms in total. The molecule has 0 saturated heterocycles. The van der Waals surface area contributed by atoms with Gasteiger partial charge in [0.1, 0.15) is 0 Å². The minimum Gasteiger partial charge on any atom is -0.350 e. The molecule has 0 aliphatic rings. The zero-order valence-corrected chi connectivity index (χ0v) is 25.6. The molecule has 1 amide bonds. The molecule has 43 heavy (non-hydrogen) atoms. The molecule has 0 saturated carbocycles. The molecule has 2 aromatic carbocycles. The van der Waals surface area contributed by atoms with E-state index in [0.29, 0.717) is 24.4 Å². The van der Waals surface area contributed by atoms with Crippen LogP contribution in [-0.2, 0) is 21.2 Å². The van der Waals surface area contributed by atoms with E-state index in [4.69, 9.17) is 4.98 Å². The summed E-state index contributed by atoms with van der Waals surface area (Å²) in [4.78, 5) is 27.7. The second-order valence-electron chi connectivity index (χ2n) is 10.9. The number of nitrogens with zero attached hydrogens (tertiary/aromatic N) is 6. The molecule has 0 fully saturated rings. The summed E-state index contributed by atoms with van der Waals surface area (Å²) < 4.78 is 26.3. The Hall–Kier alpha value is -4.68. The Bertz CT molecular complexity index is 1950. The van der Waals surface area contributed by atoms with Crippen molar-refractivity contribution >= 4 is 43.8 Å². The largest absolute Gasteiger partial charge is 0.350 e. The summed E-state index contributed by atoms with van der Waals surface area (Å²) in [6.45, 7) is 5.00. The van der Waals surface area contributed by atoms with Crippen molar-refractivity contribution in [2.24, 2.45) is 0 Å². The lowest BCUT2D eigenvalue weighted by molar-refractivity contribution is -0.111. The van der Waals surface area contributed by atoms with Crippen molar-refractivity contribution < 1.29 is 13.2 Å². The van der Waals surface area contributed by atoms with Gasteiger partial charge in [0.25, 0.3) is 5.16 Å². The maximum Gasteiger partial charge on any atom is 0.252 e. The van der Waals surface area contributed by atoms with E-state index in [9.17, 15) is 13.2 Å². The van der Waals surface area contributed by atoms with E-state index in [1.54, 1.807) is 12.4 Å². The highest BCUT2D eigenvalue weighted by Crippen LogP contribution is 2.31. The smallest absolute Gasteiger partial charge is 0.252 e. The van der Waals surface area contributed by atoms with E-state index in [0.717, 1.165) is 39.4 Å². The van der Waals surface area contributed by atoms with Gasteiger partial charge >= 0.3 is 0 Å². The molecular weight excluding hydrogens is 564 g/mol.